The van der Waals surface area contributed by atoms with Crippen LogP contribution in [0, 0.1) is 0 Å². The second-order valence-corrected chi connectivity index (χ2v) is 6.64. The van der Waals surface area contributed by atoms with Crippen molar-refractivity contribution in [2.24, 2.45) is 0 Å². The zero-order valence-corrected chi connectivity index (χ0v) is 15.6. The number of carbonyl (C=O) groups excluding carboxylic acids is 2. The van der Waals surface area contributed by atoms with Crippen molar-refractivity contribution in [1.82, 2.24) is 0 Å². The van der Waals surface area contributed by atoms with Crippen LogP contribution < -0.4 is 15.0 Å². The van der Waals surface area contributed by atoms with Gasteiger partial charge in [0.15, 0.2) is 0 Å². The summed E-state index contributed by atoms with van der Waals surface area (Å²) < 4.78 is 5.27. The number of methoxy groups -OCH3 is 1. The highest BCUT2D eigenvalue weighted by molar-refractivity contribution is 6.31. The number of rotatable bonds is 4. The van der Waals surface area contributed by atoms with Gasteiger partial charge in [-0.15, -0.1) is 0 Å². The molecule has 0 aliphatic carbocycles. The van der Waals surface area contributed by atoms with Crippen LogP contribution in [0.2, 0.25) is 5.02 Å². The molecule has 0 unspecified atom stereocenters. The fraction of sp³-hybridized carbons (Fsp3) is 0.143. The van der Waals surface area contributed by atoms with Gasteiger partial charge in [0.05, 0.1) is 18.4 Å². The number of carbonyl (C=O) groups is 2. The van der Waals surface area contributed by atoms with E-state index in [0.29, 0.717) is 34.1 Å². The molecule has 1 aliphatic rings. The fourth-order valence-electron chi connectivity index (χ4n) is 3.52. The molecule has 0 fully saturated rings. The number of ether oxygens (including phenoxy) is 1. The van der Waals surface area contributed by atoms with Crippen LogP contribution in [0.4, 0.5) is 11.4 Å². The number of hydrogen-bond donors (Lipinski definition) is 1. The maximum Gasteiger partial charge on any atom is 0.259 e. The van der Waals surface area contributed by atoms with Crippen LogP contribution in [0.25, 0.3) is 10.8 Å². The van der Waals surface area contributed by atoms with E-state index >= 15 is 0 Å². The zero-order valence-electron chi connectivity index (χ0n) is 14.9. The maximum absolute atomic E-state index is 12.8. The minimum absolute atomic E-state index is 0.0157. The number of anilines is 2. The van der Waals surface area contributed by atoms with Crippen LogP contribution in [0.1, 0.15) is 27.6 Å². The molecule has 0 aromatic heterocycles. The molecule has 0 saturated heterocycles. The summed E-state index contributed by atoms with van der Waals surface area (Å²) in [5.41, 5.74) is 2.50. The Morgan fingerprint density at radius 2 is 2.00 bits per heavy atom. The minimum atomic E-state index is -0.327. The predicted molar refractivity (Wildman–Crippen MR) is 107 cm³/mol. The van der Waals surface area contributed by atoms with Gasteiger partial charge in [0, 0.05) is 33.6 Å². The van der Waals surface area contributed by atoms with Crippen molar-refractivity contribution in [2.45, 2.75) is 6.92 Å². The van der Waals surface area contributed by atoms with E-state index < -0.39 is 0 Å². The fourth-order valence-corrected chi connectivity index (χ4v) is 3.69. The smallest absolute Gasteiger partial charge is 0.259 e. The summed E-state index contributed by atoms with van der Waals surface area (Å²) in [6.45, 7) is 2.53. The average molecular weight is 381 g/mol. The van der Waals surface area contributed by atoms with E-state index in [-0.39, 0.29) is 11.8 Å². The lowest BCUT2D eigenvalue weighted by molar-refractivity contribution is 0.0992. The highest BCUT2D eigenvalue weighted by Gasteiger charge is 2.29. The molecule has 136 valence electrons. The molecule has 27 heavy (non-hydrogen) atoms. The molecule has 0 atom stereocenters. The Morgan fingerprint density at radius 3 is 2.74 bits per heavy atom. The number of nitrogens with one attached hydrogen (secondary N) is 1. The van der Waals surface area contributed by atoms with E-state index in [1.807, 2.05) is 37.3 Å². The van der Waals surface area contributed by atoms with Crippen LogP contribution in [0.5, 0.6) is 5.75 Å². The number of hydrogen-bond acceptors (Lipinski definition) is 3. The van der Waals surface area contributed by atoms with Crippen molar-refractivity contribution in [3.8, 4) is 5.75 Å². The summed E-state index contributed by atoms with van der Waals surface area (Å²) in [4.78, 5) is 27.2. The van der Waals surface area contributed by atoms with Gasteiger partial charge in [-0.05, 0) is 43.3 Å². The maximum atomic E-state index is 12.8. The van der Waals surface area contributed by atoms with Gasteiger partial charge >= 0.3 is 0 Å². The minimum Gasteiger partial charge on any atom is -0.496 e. The van der Waals surface area contributed by atoms with Crippen molar-refractivity contribution >= 4 is 45.6 Å². The summed E-state index contributed by atoms with van der Waals surface area (Å²) in [6.07, 6.45) is 0. The van der Waals surface area contributed by atoms with Gasteiger partial charge in [0.1, 0.15) is 5.75 Å². The Hall–Kier alpha value is -3.05. The second-order valence-electron chi connectivity index (χ2n) is 6.21. The van der Waals surface area contributed by atoms with Gasteiger partial charge < -0.3 is 15.0 Å². The van der Waals surface area contributed by atoms with Crippen molar-refractivity contribution in [3.05, 3.63) is 64.7 Å². The summed E-state index contributed by atoms with van der Waals surface area (Å²) in [5, 5.41) is 5.06. The summed E-state index contributed by atoms with van der Waals surface area (Å²) in [6, 6.07) is 14.1. The van der Waals surface area contributed by atoms with Crippen LogP contribution in [0.3, 0.4) is 0 Å². The third kappa shape index (κ3) is 2.71. The van der Waals surface area contributed by atoms with E-state index in [2.05, 4.69) is 5.32 Å². The molecule has 2 amide bonds. The molecule has 0 radical (unpaired) electrons. The molecule has 1 aliphatic heterocycles. The van der Waals surface area contributed by atoms with Crippen molar-refractivity contribution in [2.75, 3.05) is 23.9 Å². The standard InChI is InChI=1S/C21H17ClN2O3/c1-3-24-17-9-8-16(13-5-4-6-14(19(13)17)21(24)26)23-20(25)15-11-12(22)7-10-18(15)27-2/h4-11H,3H2,1-2H3,(H,23,25). The molecule has 1 N–H and O–H groups in total. The summed E-state index contributed by atoms with van der Waals surface area (Å²) >= 11 is 6.04. The van der Waals surface area contributed by atoms with Crippen molar-refractivity contribution in [3.63, 3.8) is 0 Å². The Morgan fingerprint density at radius 1 is 1.19 bits per heavy atom. The van der Waals surface area contributed by atoms with Gasteiger partial charge in [-0.1, -0.05) is 23.7 Å². The van der Waals surface area contributed by atoms with Crippen LogP contribution in [-0.4, -0.2) is 25.5 Å². The second kappa shape index (κ2) is 6.59. The van der Waals surface area contributed by atoms with E-state index in [4.69, 9.17) is 16.3 Å². The number of nitrogens with zero attached hydrogens (tertiary/aromatic N) is 1. The van der Waals surface area contributed by atoms with Gasteiger partial charge in [-0.3, -0.25) is 9.59 Å². The molecule has 1 heterocycles. The average Bonchev–Trinajstić information content (AvgIpc) is 2.96. The molecule has 5 nitrogen and oxygen atoms in total. The van der Waals surface area contributed by atoms with E-state index in [1.165, 1.54) is 7.11 Å². The molecular formula is C21H17ClN2O3. The Bertz CT molecular complexity index is 1090. The number of benzene rings is 3. The molecule has 0 spiro atoms. The normalized spacial score (nSPS) is 12.6. The Balaban J connectivity index is 1.79. The first-order valence-corrected chi connectivity index (χ1v) is 8.95. The Labute approximate surface area is 161 Å². The topological polar surface area (TPSA) is 58.6 Å². The quantitative estimate of drug-likeness (QED) is 0.711. The third-order valence-electron chi connectivity index (χ3n) is 4.76. The third-order valence-corrected chi connectivity index (χ3v) is 4.99. The van der Waals surface area contributed by atoms with Crippen molar-refractivity contribution < 1.29 is 14.3 Å². The van der Waals surface area contributed by atoms with Gasteiger partial charge in [0.2, 0.25) is 0 Å². The lowest BCUT2D eigenvalue weighted by Gasteiger charge is -2.16. The zero-order chi connectivity index (χ0) is 19.1. The van der Waals surface area contributed by atoms with Gasteiger partial charge in [-0.25, -0.2) is 0 Å². The first-order chi connectivity index (χ1) is 13.0. The molecule has 4 rings (SSSR count). The predicted octanol–water partition coefficient (Wildman–Crippen LogP) is 4.73. The first-order valence-electron chi connectivity index (χ1n) is 8.57. The molecule has 3 aromatic carbocycles. The lowest BCUT2D eigenvalue weighted by atomic mass is 10.0. The van der Waals surface area contributed by atoms with E-state index in [1.54, 1.807) is 23.1 Å². The molecule has 0 bridgehead atoms. The van der Waals surface area contributed by atoms with E-state index in [9.17, 15) is 9.59 Å². The SMILES string of the molecule is CCN1C(=O)c2cccc3c(NC(=O)c4cc(Cl)ccc4OC)ccc1c23. The number of amides is 2. The Kier molecular flexibility index (Phi) is 4.24. The number of halogens is 1. The van der Waals surface area contributed by atoms with Gasteiger partial charge in [-0.2, -0.15) is 0 Å². The lowest BCUT2D eigenvalue weighted by Crippen LogP contribution is -2.25. The van der Waals surface area contributed by atoms with E-state index in [0.717, 1.165) is 16.5 Å². The molecule has 6 heteroatoms. The molecular weight excluding hydrogens is 364 g/mol. The van der Waals surface area contributed by atoms with Gasteiger partial charge in [0.25, 0.3) is 11.8 Å². The highest BCUT2D eigenvalue weighted by atomic mass is 35.5. The van der Waals surface area contributed by atoms with Crippen molar-refractivity contribution in [1.29, 1.82) is 0 Å². The summed E-state index contributed by atoms with van der Waals surface area (Å²) in [5.74, 6) is 0.0972. The van der Waals surface area contributed by atoms with Crippen LogP contribution in [0.15, 0.2) is 48.5 Å². The molecule has 3 aromatic rings. The summed E-state index contributed by atoms with van der Waals surface area (Å²) in [7, 11) is 1.50. The highest BCUT2D eigenvalue weighted by Crippen LogP contribution is 2.40. The van der Waals surface area contributed by atoms with Crippen LogP contribution in [-0.2, 0) is 0 Å². The molecule has 0 saturated carbocycles. The largest absolute Gasteiger partial charge is 0.496 e. The van der Waals surface area contributed by atoms with Crippen LogP contribution >= 0.6 is 11.6 Å². The monoisotopic (exact) mass is 380 g/mol. The first kappa shape index (κ1) is 17.4.